The van der Waals surface area contributed by atoms with Crippen LogP contribution in [0.4, 0.5) is 0 Å². The van der Waals surface area contributed by atoms with E-state index in [0.29, 0.717) is 25.6 Å². The largest absolute Gasteiger partial charge is 0.466 e. The second-order valence-electron chi connectivity index (χ2n) is 4.57. The SMILES string of the molecule is CCOC(=O)CCn1cncc1C1CCCCN1. The normalized spacial score (nSPS) is 19.7. The van der Waals surface area contributed by atoms with Crippen molar-refractivity contribution in [3.8, 4) is 0 Å². The first-order valence-electron chi connectivity index (χ1n) is 6.70. The number of piperidine rings is 1. The van der Waals surface area contributed by atoms with Gasteiger partial charge in [-0.1, -0.05) is 6.42 Å². The molecule has 1 aliphatic heterocycles. The summed E-state index contributed by atoms with van der Waals surface area (Å²) in [6.07, 6.45) is 7.74. The lowest BCUT2D eigenvalue weighted by Gasteiger charge is -2.24. The standard InChI is InChI=1S/C13H21N3O2/c1-2-18-13(17)6-8-16-10-14-9-12(16)11-5-3-4-7-15-11/h9-11,15H,2-8H2,1H3. The van der Waals surface area contributed by atoms with Gasteiger partial charge in [-0.05, 0) is 26.3 Å². The van der Waals surface area contributed by atoms with Gasteiger partial charge in [-0.15, -0.1) is 0 Å². The summed E-state index contributed by atoms with van der Waals surface area (Å²) in [7, 11) is 0. The first-order valence-corrected chi connectivity index (χ1v) is 6.70. The van der Waals surface area contributed by atoms with Crippen molar-refractivity contribution in [2.24, 2.45) is 0 Å². The Kier molecular flexibility index (Phi) is 4.75. The average Bonchev–Trinajstić information content (AvgIpc) is 2.86. The lowest BCUT2D eigenvalue weighted by molar-refractivity contribution is -0.143. The topological polar surface area (TPSA) is 56.2 Å². The molecular formula is C13H21N3O2. The van der Waals surface area contributed by atoms with Crippen LogP contribution in [0.1, 0.15) is 44.3 Å². The van der Waals surface area contributed by atoms with E-state index >= 15 is 0 Å². The Morgan fingerprint density at radius 2 is 2.50 bits per heavy atom. The number of rotatable bonds is 5. The number of hydrogen-bond acceptors (Lipinski definition) is 4. The summed E-state index contributed by atoms with van der Waals surface area (Å²) in [5, 5.41) is 3.50. The van der Waals surface area contributed by atoms with E-state index in [2.05, 4.69) is 14.9 Å². The van der Waals surface area contributed by atoms with E-state index in [4.69, 9.17) is 4.74 Å². The molecule has 1 fully saturated rings. The molecule has 2 rings (SSSR count). The molecule has 1 aromatic heterocycles. The molecule has 0 saturated carbocycles. The molecule has 0 bridgehead atoms. The van der Waals surface area contributed by atoms with Gasteiger partial charge >= 0.3 is 5.97 Å². The van der Waals surface area contributed by atoms with Gasteiger partial charge in [0.2, 0.25) is 0 Å². The predicted molar refractivity (Wildman–Crippen MR) is 68.1 cm³/mol. The highest BCUT2D eigenvalue weighted by atomic mass is 16.5. The van der Waals surface area contributed by atoms with Crippen LogP contribution in [0, 0.1) is 0 Å². The van der Waals surface area contributed by atoms with Crippen LogP contribution < -0.4 is 5.32 Å². The maximum Gasteiger partial charge on any atom is 0.307 e. The van der Waals surface area contributed by atoms with Crippen LogP contribution >= 0.6 is 0 Å². The molecular weight excluding hydrogens is 230 g/mol. The lowest BCUT2D eigenvalue weighted by atomic mass is 10.0. The number of carbonyl (C=O) groups excluding carboxylic acids is 1. The fraction of sp³-hybridized carbons (Fsp3) is 0.692. The minimum Gasteiger partial charge on any atom is -0.466 e. The number of aromatic nitrogens is 2. The van der Waals surface area contributed by atoms with Gasteiger partial charge in [0, 0.05) is 18.8 Å². The van der Waals surface area contributed by atoms with Crippen LogP contribution in [0.5, 0.6) is 0 Å². The molecule has 2 heterocycles. The zero-order valence-electron chi connectivity index (χ0n) is 10.9. The number of imidazole rings is 1. The Hall–Kier alpha value is -1.36. The van der Waals surface area contributed by atoms with E-state index in [0.717, 1.165) is 13.0 Å². The van der Waals surface area contributed by atoms with Gasteiger partial charge in [0.15, 0.2) is 0 Å². The highest BCUT2D eigenvalue weighted by molar-refractivity contribution is 5.69. The Morgan fingerprint density at radius 1 is 1.61 bits per heavy atom. The van der Waals surface area contributed by atoms with Gasteiger partial charge in [-0.3, -0.25) is 4.79 Å². The molecule has 5 nitrogen and oxygen atoms in total. The maximum absolute atomic E-state index is 11.4. The van der Waals surface area contributed by atoms with Gasteiger partial charge in [-0.25, -0.2) is 4.98 Å². The van der Waals surface area contributed by atoms with E-state index in [1.165, 1.54) is 18.5 Å². The van der Waals surface area contributed by atoms with Crippen molar-refractivity contribution in [3.05, 3.63) is 18.2 Å². The second-order valence-corrected chi connectivity index (χ2v) is 4.57. The minimum atomic E-state index is -0.145. The van der Waals surface area contributed by atoms with Crippen LogP contribution in [0.15, 0.2) is 12.5 Å². The fourth-order valence-electron chi connectivity index (χ4n) is 2.36. The average molecular weight is 251 g/mol. The highest BCUT2D eigenvalue weighted by Crippen LogP contribution is 2.22. The Morgan fingerprint density at radius 3 is 3.22 bits per heavy atom. The predicted octanol–water partition coefficient (Wildman–Crippen LogP) is 1.65. The monoisotopic (exact) mass is 251 g/mol. The van der Waals surface area contributed by atoms with Crippen molar-refractivity contribution in [1.82, 2.24) is 14.9 Å². The summed E-state index contributed by atoms with van der Waals surface area (Å²) in [5.41, 5.74) is 1.18. The summed E-state index contributed by atoms with van der Waals surface area (Å²) in [4.78, 5) is 15.5. The van der Waals surface area contributed by atoms with Crippen LogP contribution in [-0.2, 0) is 16.1 Å². The third-order valence-electron chi connectivity index (χ3n) is 3.27. The molecule has 0 aliphatic carbocycles. The number of hydrogen-bond donors (Lipinski definition) is 1. The quantitative estimate of drug-likeness (QED) is 0.808. The molecule has 0 aromatic carbocycles. The van der Waals surface area contributed by atoms with E-state index in [1.54, 1.807) is 6.33 Å². The van der Waals surface area contributed by atoms with Gasteiger partial charge in [0.1, 0.15) is 0 Å². The molecule has 1 atom stereocenters. The number of nitrogens with zero attached hydrogens (tertiary/aromatic N) is 2. The molecule has 0 spiro atoms. The fourth-order valence-corrected chi connectivity index (χ4v) is 2.36. The van der Waals surface area contributed by atoms with Gasteiger partial charge in [0.05, 0.1) is 25.0 Å². The molecule has 100 valence electrons. The molecule has 1 saturated heterocycles. The van der Waals surface area contributed by atoms with Crippen LogP contribution in [0.25, 0.3) is 0 Å². The molecule has 1 aliphatic rings. The summed E-state index contributed by atoms with van der Waals surface area (Å²) in [6, 6.07) is 0.378. The summed E-state index contributed by atoms with van der Waals surface area (Å²) in [5.74, 6) is -0.145. The maximum atomic E-state index is 11.4. The first kappa shape index (κ1) is 13.1. The Labute approximate surface area is 108 Å². The third kappa shape index (κ3) is 3.32. The Balaban J connectivity index is 1.92. The van der Waals surface area contributed by atoms with Crippen molar-refractivity contribution in [2.45, 2.75) is 45.2 Å². The molecule has 5 heteroatoms. The smallest absolute Gasteiger partial charge is 0.307 e. The molecule has 1 unspecified atom stereocenters. The van der Waals surface area contributed by atoms with Crippen molar-refractivity contribution < 1.29 is 9.53 Å². The van der Waals surface area contributed by atoms with Crippen molar-refractivity contribution in [1.29, 1.82) is 0 Å². The first-order chi connectivity index (χ1) is 8.81. The van der Waals surface area contributed by atoms with Gasteiger partial charge < -0.3 is 14.6 Å². The van der Waals surface area contributed by atoms with Crippen molar-refractivity contribution in [3.63, 3.8) is 0 Å². The molecule has 0 amide bonds. The number of carbonyl (C=O) groups is 1. The van der Waals surface area contributed by atoms with Gasteiger partial charge in [-0.2, -0.15) is 0 Å². The van der Waals surface area contributed by atoms with Crippen molar-refractivity contribution in [2.75, 3.05) is 13.2 Å². The number of ether oxygens (including phenoxy) is 1. The minimum absolute atomic E-state index is 0.145. The van der Waals surface area contributed by atoms with Crippen LogP contribution in [0.2, 0.25) is 0 Å². The Bertz CT molecular complexity index is 383. The second kappa shape index (κ2) is 6.54. The number of esters is 1. The van der Waals surface area contributed by atoms with Crippen LogP contribution in [-0.4, -0.2) is 28.7 Å². The summed E-state index contributed by atoms with van der Waals surface area (Å²) in [6.45, 7) is 3.98. The number of aryl methyl sites for hydroxylation is 1. The molecule has 0 radical (unpaired) electrons. The van der Waals surface area contributed by atoms with Gasteiger partial charge in [0.25, 0.3) is 0 Å². The van der Waals surface area contributed by atoms with Crippen molar-refractivity contribution >= 4 is 5.97 Å². The zero-order chi connectivity index (χ0) is 12.8. The zero-order valence-corrected chi connectivity index (χ0v) is 10.9. The van der Waals surface area contributed by atoms with E-state index in [1.807, 2.05) is 13.1 Å². The number of nitrogens with one attached hydrogen (secondary N) is 1. The molecule has 1 aromatic rings. The lowest BCUT2D eigenvalue weighted by Crippen LogP contribution is -2.28. The summed E-state index contributed by atoms with van der Waals surface area (Å²) < 4.78 is 6.99. The molecule has 18 heavy (non-hydrogen) atoms. The summed E-state index contributed by atoms with van der Waals surface area (Å²) >= 11 is 0. The van der Waals surface area contributed by atoms with E-state index in [-0.39, 0.29) is 5.97 Å². The van der Waals surface area contributed by atoms with E-state index < -0.39 is 0 Å². The third-order valence-corrected chi connectivity index (χ3v) is 3.27. The molecule has 1 N–H and O–H groups in total. The highest BCUT2D eigenvalue weighted by Gasteiger charge is 2.18. The van der Waals surface area contributed by atoms with Crippen LogP contribution in [0.3, 0.4) is 0 Å². The van der Waals surface area contributed by atoms with E-state index in [9.17, 15) is 4.79 Å².